The quantitative estimate of drug-likeness (QED) is 0.624. The third kappa shape index (κ3) is 7.07. The predicted octanol–water partition coefficient (Wildman–Crippen LogP) is 4.08. The lowest BCUT2D eigenvalue weighted by Crippen LogP contribution is -2.33. The molecular weight excluding hydrogens is 262 g/mol. The van der Waals surface area contributed by atoms with Crippen LogP contribution in [-0.2, 0) is 15.9 Å². The first-order valence-electron chi connectivity index (χ1n) is 8.26. The van der Waals surface area contributed by atoms with Gasteiger partial charge in [0.25, 0.3) is 0 Å². The standard InChI is InChI=1S/C18H31NO2/c1-5-8-9-16-10-12-17(13-11-16)15(4)19-14-18(20-6-2)21-7-3/h10-13,15,18-19H,5-9,14H2,1-4H3. The van der Waals surface area contributed by atoms with Crippen LogP contribution in [0.4, 0.5) is 0 Å². The number of hydrogen-bond donors (Lipinski definition) is 1. The van der Waals surface area contributed by atoms with E-state index in [1.165, 1.54) is 30.4 Å². The van der Waals surface area contributed by atoms with Crippen molar-refractivity contribution >= 4 is 0 Å². The Hall–Kier alpha value is -0.900. The predicted molar refractivity (Wildman–Crippen MR) is 88.5 cm³/mol. The van der Waals surface area contributed by atoms with Crippen molar-refractivity contribution < 1.29 is 9.47 Å². The number of aryl methyl sites for hydroxylation is 1. The van der Waals surface area contributed by atoms with Crippen LogP contribution in [0.25, 0.3) is 0 Å². The first kappa shape index (κ1) is 18.1. The third-order valence-electron chi connectivity index (χ3n) is 3.59. The minimum absolute atomic E-state index is 0.161. The second kappa shape index (κ2) is 10.8. The van der Waals surface area contributed by atoms with Crippen molar-refractivity contribution in [1.82, 2.24) is 5.32 Å². The van der Waals surface area contributed by atoms with Crippen molar-refractivity contribution in [2.75, 3.05) is 19.8 Å². The summed E-state index contributed by atoms with van der Waals surface area (Å²) in [6.07, 6.45) is 3.52. The van der Waals surface area contributed by atoms with Crippen molar-refractivity contribution in [2.24, 2.45) is 0 Å². The van der Waals surface area contributed by atoms with Crippen LogP contribution < -0.4 is 5.32 Å². The van der Waals surface area contributed by atoms with E-state index in [-0.39, 0.29) is 6.29 Å². The van der Waals surface area contributed by atoms with E-state index in [2.05, 4.69) is 43.4 Å². The number of benzene rings is 1. The minimum Gasteiger partial charge on any atom is -0.352 e. The zero-order valence-electron chi connectivity index (χ0n) is 14.0. The number of nitrogens with one attached hydrogen (secondary N) is 1. The summed E-state index contributed by atoms with van der Waals surface area (Å²) in [6.45, 7) is 10.4. The Morgan fingerprint density at radius 2 is 1.62 bits per heavy atom. The maximum absolute atomic E-state index is 5.55. The fourth-order valence-corrected chi connectivity index (χ4v) is 2.28. The van der Waals surface area contributed by atoms with E-state index in [1.807, 2.05) is 13.8 Å². The summed E-state index contributed by atoms with van der Waals surface area (Å²) in [7, 11) is 0. The van der Waals surface area contributed by atoms with E-state index in [0.29, 0.717) is 25.8 Å². The molecule has 1 aromatic carbocycles. The van der Waals surface area contributed by atoms with Crippen LogP contribution in [0.15, 0.2) is 24.3 Å². The van der Waals surface area contributed by atoms with E-state index in [0.717, 1.165) is 0 Å². The van der Waals surface area contributed by atoms with Gasteiger partial charge in [0.2, 0.25) is 0 Å². The molecule has 0 fully saturated rings. The molecule has 1 rings (SSSR count). The number of rotatable bonds is 11. The second-order valence-corrected chi connectivity index (χ2v) is 5.32. The van der Waals surface area contributed by atoms with Crippen molar-refractivity contribution in [1.29, 1.82) is 0 Å². The molecular formula is C18H31NO2. The molecule has 0 aliphatic rings. The van der Waals surface area contributed by atoms with Gasteiger partial charge in [0.1, 0.15) is 0 Å². The fraction of sp³-hybridized carbons (Fsp3) is 0.667. The topological polar surface area (TPSA) is 30.5 Å². The average Bonchev–Trinajstić information content (AvgIpc) is 2.51. The van der Waals surface area contributed by atoms with Gasteiger partial charge in [-0.2, -0.15) is 0 Å². The molecule has 1 aromatic rings. The molecule has 0 amide bonds. The summed E-state index contributed by atoms with van der Waals surface area (Å²) in [6, 6.07) is 9.23. The van der Waals surface area contributed by atoms with Gasteiger partial charge in [-0.15, -0.1) is 0 Å². The van der Waals surface area contributed by atoms with Gasteiger partial charge in [-0.05, 0) is 44.7 Å². The lowest BCUT2D eigenvalue weighted by molar-refractivity contribution is -0.133. The van der Waals surface area contributed by atoms with Crippen molar-refractivity contribution in [3.8, 4) is 0 Å². The van der Waals surface area contributed by atoms with Gasteiger partial charge in [-0.3, -0.25) is 0 Å². The Balaban J connectivity index is 2.44. The molecule has 0 saturated carbocycles. The van der Waals surface area contributed by atoms with Crippen LogP contribution in [0.1, 0.15) is 57.7 Å². The average molecular weight is 293 g/mol. The maximum Gasteiger partial charge on any atom is 0.169 e. The Bertz CT molecular complexity index is 358. The molecule has 1 N–H and O–H groups in total. The SMILES string of the molecule is CCCCc1ccc(C(C)NCC(OCC)OCC)cc1. The van der Waals surface area contributed by atoms with Crippen LogP contribution in [0.3, 0.4) is 0 Å². The van der Waals surface area contributed by atoms with Crippen molar-refractivity contribution in [3.05, 3.63) is 35.4 Å². The highest BCUT2D eigenvalue weighted by Crippen LogP contribution is 2.15. The largest absolute Gasteiger partial charge is 0.352 e. The minimum atomic E-state index is -0.161. The molecule has 0 radical (unpaired) electrons. The zero-order valence-corrected chi connectivity index (χ0v) is 14.0. The van der Waals surface area contributed by atoms with Crippen LogP contribution in [0, 0.1) is 0 Å². The van der Waals surface area contributed by atoms with Gasteiger partial charge in [-0.1, -0.05) is 37.6 Å². The van der Waals surface area contributed by atoms with Crippen molar-refractivity contribution in [3.63, 3.8) is 0 Å². The third-order valence-corrected chi connectivity index (χ3v) is 3.59. The van der Waals surface area contributed by atoms with E-state index in [4.69, 9.17) is 9.47 Å². The molecule has 0 heterocycles. The first-order valence-corrected chi connectivity index (χ1v) is 8.26. The molecule has 21 heavy (non-hydrogen) atoms. The maximum atomic E-state index is 5.55. The highest BCUT2D eigenvalue weighted by Gasteiger charge is 2.11. The van der Waals surface area contributed by atoms with Gasteiger partial charge < -0.3 is 14.8 Å². The highest BCUT2D eigenvalue weighted by atomic mass is 16.7. The summed E-state index contributed by atoms with van der Waals surface area (Å²) in [5, 5.41) is 3.48. The summed E-state index contributed by atoms with van der Waals surface area (Å²) >= 11 is 0. The van der Waals surface area contributed by atoms with Gasteiger partial charge in [0.15, 0.2) is 6.29 Å². The Morgan fingerprint density at radius 1 is 1.00 bits per heavy atom. The van der Waals surface area contributed by atoms with Crippen LogP contribution in [0.2, 0.25) is 0 Å². The van der Waals surface area contributed by atoms with Gasteiger partial charge in [0.05, 0.1) is 0 Å². The molecule has 0 aromatic heterocycles. The fourth-order valence-electron chi connectivity index (χ4n) is 2.28. The molecule has 3 nitrogen and oxygen atoms in total. The van der Waals surface area contributed by atoms with Crippen molar-refractivity contribution in [2.45, 2.75) is 59.3 Å². The number of hydrogen-bond acceptors (Lipinski definition) is 3. The van der Waals surface area contributed by atoms with Crippen LogP contribution in [0.5, 0.6) is 0 Å². The Kier molecular flexibility index (Phi) is 9.31. The lowest BCUT2D eigenvalue weighted by atomic mass is 10.0. The molecule has 1 unspecified atom stereocenters. The molecule has 120 valence electrons. The number of ether oxygens (including phenoxy) is 2. The number of unbranched alkanes of at least 4 members (excludes halogenated alkanes) is 1. The monoisotopic (exact) mass is 293 g/mol. The summed E-state index contributed by atoms with van der Waals surface area (Å²) in [5.74, 6) is 0. The van der Waals surface area contributed by atoms with E-state index < -0.39 is 0 Å². The molecule has 0 spiro atoms. The van der Waals surface area contributed by atoms with Crippen LogP contribution in [-0.4, -0.2) is 26.0 Å². The second-order valence-electron chi connectivity index (χ2n) is 5.32. The highest BCUT2D eigenvalue weighted by molar-refractivity contribution is 5.24. The zero-order chi connectivity index (χ0) is 15.5. The van der Waals surface area contributed by atoms with E-state index >= 15 is 0 Å². The van der Waals surface area contributed by atoms with Crippen LogP contribution >= 0.6 is 0 Å². The normalized spacial score (nSPS) is 12.8. The molecule has 0 saturated heterocycles. The molecule has 0 aliphatic heterocycles. The Morgan fingerprint density at radius 3 is 2.14 bits per heavy atom. The summed E-state index contributed by atoms with van der Waals surface area (Å²) < 4.78 is 11.1. The van der Waals surface area contributed by atoms with E-state index in [9.17, 15) is 0 Å². The summed E-state index contributed by atoms with van der Waals surface area (Å²) in [5.41, 5.74) is 2.73. The molecule has 1 atom stereocenters. The Labute approximate surface area is 130 Å². The van der Waals surface area contributed by atoms with E-state index in [1.54, 1.807) is 0 Å². The smallest absolute Gasteiger partial charge is 0.169 e. The summed E-state index contributed by atoms with van der Waals surface area (Å²) in [4.78, 5) is 0. The lowest BCUT2D eigenvalue weighted by Gasteiger charge is -2.21. The molecule has 3 heteroatoms. The van der Waals surface area contributed by atoms with Gasteiger partial charge in [-0.25, -0.2) is 0 Å². The first-order chi connectivity index (χ1) is 10.2. The van der Waals surface area contributed by atoms with Gasteiger partial charge >= 0.3 is 0 Å². The molecule has 0 bridgehead atoms. The van der Waals surface area contributed by atoms with Gasteiger partial charge in [0, 0.05) is 25.8 Å². The molecule has 0 aliphatic carbocycles.